The van der Waals surface area contributed by atoms with E-state index < -0.39 is 0 Å². The van der Waals surface area contributed by atoms with Crippen LogP contribution in [0.3, 0.4) is 0 Å². The molecule has 0 saturated heterocycles. The quantitative estimate of drug-likeness (QED) is 0.800. The summed E-state index contributed by atoms with van der Waals surface area (Å²) < 4.78 is 5.03. The Labute approximate surface area is 101 Å². The van der Waals surface area contributed by atoms with Crippen molar-refractivity contribution in [1.82, 2.24) is 15.5 Å². The maximum absolute atomic E-state index is 5.03. The van der Waals surface area contributed by atoms with E-state index in [1.165, 1.54) is 11.1 Å². The standard InChI is InChI=1S/C13H17N3O/c1-10-3-5-12(6-4-10)9-14-8-7-13-15-11(2)16-17-13/h3-6,14H,7-9H2,1-2H3. The first-order chi connectivity index (χ1) is 8.24. The summed E-state index contributed by atoms with van der Waals surface area (Å²) in [7, 11) is 0. The Morgan fingerprint density at radius 1 is 1.18 bits per heavy atom. The minimum atomic E-state index is 0.693. The molecule has 2 aromatic rings. The van der Waals surface area contributed by atoms with Gasteiger partial charge in [-0.2, -0.15) is 4.98 Å². The molecule has 1 N–H and O–H groups in total. The van der Waals surface area contributed by atoms with E-state index in [1.807, 2.05) is 6.92 Å². The lowest BCUT2D eigenvalue weighted by Gasteiger charge is -2.03. The summed E-state index contributed by atoms with van der Waals surface area (Å²) in [5.41, 5.74) is 2.58. The van der Waals surface area contributed by atoms with Gasteiger partial charge in [-0.25, -0.2) is 0 Å². The SMILES string of the molecule is Cc1ccc(CNCCc2nc(C)no2)cc1. The molecule has 0 atom stereocenters. The molecule has 90 valence electrons. The van der Waals surface area contributed by atoms with Gasteiger partial charge in [0.1, 0.15) is 0 Å². The molecule has 0 amide bonds. The van der Waals surface area contributed by atoms with Crippen molar-refractivity contribution in [2.45, 2.75) is 26.8 Å². The van der Waals surface area contributed by atoms with E-state index in [1.54, 1.807) is 0 Å². The smallest absolute Gasteiger partial charge is 0.227 e. The van der Waals surface area contributed by atoms with Gasteiger partial charge in [0.15, 0.2) is 5.82 Å². The predicted molar refractivity (Wildman–Crippen MR) is 65.6 cm³/mol. The minimum Gasteiger partial charge on any atom is -0.339 e. The third-order valence-electron chi connectivity index (χ3n) is 2.54. The molecule has 1 aromatic heterocycles. The van der Waals surface area contributed by atoms with Crippen LogP contribution in [-0.4, -0.2) is 16.7 Å². The Bertz CT molecular complexity index is 462. The number of aryl methyl sites for hydroxylation is 2. The second-order valence-corrected chi connectivity index (χ2v) is 4.15. The van der Waals surface area contributed by atoms with Crippen molar-refractivity contribution in [2.24, 2.45) is 0 Å². The van der Waals surface area contributed by atoms with Crippen LogP contribution in [0.15, 0.2) is 28.8 Å². The molecule has 4 heteroatoms. The fourth-order valence-corrected chi connectivity index (χ4v) is 1.58. The first kappa shape index (κ1) is 11.8. The van der Waals surface area contributed by atoms with Crippen molar-refractivity contribution in [3.8, 4) is 0 Å². The molecule has 0 fully saturated rings. The second-order valence-electron chi connectivity index (χ2n) is 4.15. The van der Waals surface area contributed by atoms with Crippen LogP contribution in [0.5, 0.6) is 0 Å². The van der Waals surface area contributed by atoms with Crippen molar-refractivity contribution in [2.75, 3.05) is 6.54 Å². The van der Waals surface area contributed by atoms with Gasteiger partial charge < -0.3 is 9.84 Å². The highest BCUT2D eigenvalue weighted by Crippen LogP contribution is 2.02. The number of aromatic nitrogens is 2. The number of nitrogens with one attached hydrogen (secondary N) is 1. The molecule has 0 aliphatic rings. The van der Waals surface area contributed by atoms with Gasteiger partial charge in [-0.15, -0.1) is 0 Å². The highest BCUT2D eigenvalue weighted by Gasteiger charge is 2.01. The van der Waals surface area contributed by atoms with E-state index >= 15 is 0 Å². The monoisotopic (exact) mass is 231 g/mol. The van der Waals surface area contributed by atoms with Crippen LogP contribution in [0.2, 0.25) is 0 Å². The second kappa shape index (κ2) is 5.59. The fraction of sp³-hybridized carbons (Fsp3) is 0.385. The first-order valence-corrected chi connectivity index (χ1v) is 5.79. The van der Waals surface area contributed by atoms with Crippen LogP contribution in [0, 0.1) is 13.8 Å². The summed E-state index contributed by atoms with van der Waals surface area (Å²) in [6.07, 6.45) is 0.771. The number of benzene rings is 1. The largest absolute Gasteiger partial charge is 0.339 e. The van der Waals surface area contributed by atoms with Gasteiger partial charge in [0, 0.05) is 19.5 Å². The molecular formula is C13H17N3O. The molecule has 0 aliphatic heterocycles. The van der Waals surface area contributed by atoms with Gasteiger partial charge in [0.2, 0.25) is 5.89 Å². The van der Waals surface area contributed by atoms with Gasteiger partial charge in [-0.1, -0.05) is 35.0 Å². The van der Waals surface area contributed by atoms with Crippen LogP contribution in [0.1, 0.15) is 22.8 Å². The number of rotatable bonds is 5. The summed E-state index contributed by atoms with van der Waals surface area (Å²) in [5.74, 6) is 1.39. The normalized spacial score (nSPS) is 10.7. The number of hydrogen-bond acceptors (Lipinski definition) is 4. The lowest BCUT2D eigenvalue weighted by atomic mass is 10.1. The van der Waals surface area contributed by atoms with E-state index in [4.69, 9.17) is 4.52 Å². The van der Waals surface area contributed by atoms with Crippen LogP contribution in [0.4, 0.5) is 0 Å². The molecule has 0 spiro atoms. The molecule has 4 nitrogen and oxygen atoms in total. The zero-order chi connectivity index (χ0) is 12.1. The van der Waals surface area contributed by atoms with E-state index in [2.05, 4.69) is 46.6 Å². The van der Waals surface area contributed by atoms with Crippen molar-refractivity contribution in [1.29, 1.82) is 0 Å². The van der Waals surface area contributed by atoms with Gasteiger partial charge in [-0.3, -0.25) is 0 Å². The zero-order valence-electron chi connectivity index (χ0n) is 10.2. The van der Waals surface area contributed by atoms with E-state index in [0.717, 1.165) is 19.5 Å². The van der Waals surface area contributed by atoms with Crippen LogP contribution in [0.25, 0.3) is 0 Å². The molecule has 17 heavy (non-hydrogen) atoms. The third-order valence-corrected chi connectivity index (χ3v) is 2.54. The van der Waals surface area contributed by atoms with E-state index in [0.29, 0.717) is 11.7 Å². The molecule has 0 aliphatic carbocycles. The molecule has 1 aromatic carbocycles. The topological polar surface area (TPSA) is 51.0 Å². The summed E-state index contributed by atoms with van der Waals surface area (Å²) >= 11 is 0. The Balaban J connectivity index is 1.71. The van der Waals surface area contributed by atoms with Crippen molar-refractivity contribution >= 4 is 0 Å². The first-order valence-electron chi connectivity index (χ1n) is 5.79. The van der Waals surface area contributed by atoms with Gasteiger partial charge >= 0.3 is 0 Å². The predicted octanol–water partition coefficient (Wildman–Crippen LogP) is 2.02. The van der Waals surface area contributed by atoms with E-state index in [9.17, 15) is 0 Å². The Morgan fingerprint density at radius 3 is 2.59 bits per heavy atom. The highest BCUT2D eigenvalue weighted by molar-refractivity contribution is 5.21. The van der Waals surface area contributed by atoms with Crippen molar-refractivity contribution in [3.05, 3.63) is 47.1 Å². The minimum absolute atomic E-state index is 0.693. The summed E-state index contributed by atoms with van der Waals surface area (Å²) in [6.45, 7) is 5.63. The average Bonchev–Trinajstić information content (AvgIpc) is 2.73. The van der Waals surface area contributed by atoms with Crippen LogP contribution >= 0.6 is 0 Å². The lowest BCUT2D eigenvalue weighted by Crippen LogP contribution is -2.16. The van der Waals surface area contributed by atoms with Crippen LogP contribution in [-0.2, 0) is 13.0 Å². The number of nitrogens with zero attached hydrogens (tertiary/aromatic N) is 2. The zero-order valence-corrected chi connectivity index (χ0v) is 10.2. The highest BCUT2D eigenvalue weighted by atomic mass is 16.5. The molecule has 0 bridgehead atoms. The maximum Gasteiger partial charge on any atom is 0.227 e. The number of hydrogen-bond donors (Lipinski definition) is 1. The average molecular weight is 231 g/mol. The molecular weight excluding hydrogens is 214 g/mol. The Hall–Kier alpha value is -1.68. The summed E-state index contributed by atoms with van der Waals surface area (Å²) in [4.78, 5) is 4.15. The Kier molecular flexibility index (Phi) is 3.88. The van der Waals surface area contributed by atoms with Gasteiger partial charge in [0.05, 0.1) is 0 Å². The summed E-state index contributed by atoms with van der Waals surface area (Å²) in [5, 5.41) is 7.10. The Morgan fingerprint density at radius 2 is 1.94 bits per heavy atom. The van der Waals surface area contributed by atoms with Crippen molar-refractivity contribution < 1.29 is 4.52 Å². The van der Waals surface area contributed by atoms with Gasteiger partial charge in [-0.05, 0) is 19.4 Å². The van der Waals surface area contributed by atoms with Gasteiger partial charge in [0.25, 0.3) is 0 Å². The van der Waals surface area contributed by atoms with Crippen LogP contribution < -0.4 is 5.32 Å². The third kappa shape index (κ3) is 3.67. The maximum atomic E-state index is 5.03. The molecule has 0 radical (unpaired) electrons. The summed E-state index contributed by atoms with van der Waals surface area (Å²) in [6, 6.07) is 8.52. The van der Waals surface area contributed by atoms with Crippen molar-refractivity contribution in [3.63, 3.8) is 0 Å². The van der Waals surface area contributed by atoms with E-state index in [-0.39, 0.29) is 0 Å². The molecule has 0 saturated carbocycles. The molecule has 2 rings (SSSR count). The molecule has 1 heterocycles. The lowest BCUT2D eigenvalue weighted by molar-refractivity contribution is 0.372. The fourth-order valence-electron chi connectivity index (χ4n) is 1.58. The molecule has 0 unspecified atom stereocenters.